The van der Waals surface area contributed by atoms with Crippen LogP contribution in [0.25, 0.3) is 5.65 Å². The van der Waals surface area contributed by atoms with E-state index in [1.807, 2.05) is 31.0 Å². The molecule has 1 saturated heterocycles. The molecule has 0 bridgehead atoms. The van der Waals surface area contributed by atoms with Gasteiger partial charge in [0.15, 0.2) is 0 Å². The summed E-state index contributed by atoms with van der Waals surface area (Å²) in [5, 5.41) is 0. The molecule has 4 aromatic rings. The van der Waals surface area contributed by atoms with Crippen molar-refractivity contribution >= 4 is 11.6 Å². The molecule has 35 heavy (non-hydrogen) atoms. The van der Waals surface area contributed by atoms with E-state index in [-0.39, 0.29) is 0 Å². The number of fused-ring (bicyclic) bond motifs is 2. The molecule has 1 unspecified atom stereocenters. The SMILES string of the molecule is CN(Cc1cn2c(N3CCN(Cc4cncn4C)CC3)nccc2n1)C1CCCc2cccnc21. The topological polar surface area (TPSA) is 70.6 Å². The van der Waals surface area contributed by atoms with Gasteiger partial charge in [0.05, 0.1) is 29.5 Å². The second kappa shape index (κ2) is 9.39. The molecule has 0 N–H and O–H groups in total. The largest absolute Gasteiger partial charge is 0.339 e. The van der Waals surface area contributed by atoms with Crippen LogP contribution in [-0.2, 0) is 26.6 Å². The van der Waals surface area contributed by atoms with E-state index >= 15 is 0 Å². The molecule has 2 aliphatic rings. The van der Waals surface area contributed by atoms with Crippen molar-refractivity contribution in [2.24, 2.45) is 7.05 Å². The van der Waals surface area contributed by atoms with E-state index < -0.39 is 0 Å². The third kappa shape index (κ3) is 4.41. The van der Waals surface area contributed by atoms with Crippen LogP contribution >= 0.6 is 0 Å². The summed E-state index contributed by atoms with van der Waals surface area (Å²) in [6, 6.07) is 6.62. The molecule has 182 valence electrons. The first-order chi connectivity index (χ1) is 17.2. The van der Waals surface area contributed by atoms with Crippen LogP contribution < -0.4 is 4.90 Å². The highest BCUT2D eigenvalue weighted by molar-refractivity contribution is 5.48. The van der Waals surface area contributed by atoms with Crippen molar-refractivity contribution in [2.75, 3.05) is 38.1 Å². The van der Waals surface area contributed by atoms with E-state index in [1.54, 1.807) is 0 Å². The summed E-state index contributed by atoms with van der Waals surface area (Å²) in [6.45, 7) is 5.62. The fourth-order valence-corrected chi connectivity index (χ4v) is 5.52. The number of aromatic nitrogens is 6. The molecule has 0 saturated carbocycles. The highest BCUT2D eigenvalue weighted by Crippen LogP contribution is 2.32. The minimum Gasteiger partial charge on any atom is -0.339 e. The molecule has 9 heteroatoms. The van der Waals surface area contributed by atoms with Crippen molar-refractivity contribution in [1.82, 2.24) is 38.7 Å². The van der Waals surface area contributed by atoms with Crippen molar-refractivity contribution in [3.8, 4) is 0 Å². The molecule has 6 rings (SSSR count). The van der Waals surface area contributed by atoms with Crippen LogP contribution in [0, 0.1) is 0 Å². The third-order valence-corrected chi connectivity index (χ3v) is 7.48. The predicted molar refractivity (Wildman–Crippen MR) is 135 cm³/mol. The lowest BCUT2D eigenvalue weighted by Crippen LogP contribution is -2.47. The number of aryl methyl sites for hydroxylation is 2. The van der Waals surface area contributed by atoms with Crippen molar-refractivity contribution < 1.29 is 0 Å². The Kier molecular flexibility index (Phi) is 5.95. The first-order valence-electron chi connectivity index (χ1n) is 12.6. The van der Waals surface area contributed by atoms with E-state index in [4.69, 9.17) is 15.0 Å². The zero-order valence-electron chi connectivity index (χ0n) is 20.6. The molecule has 1 aliphatic heterocycles. The molecule has 1 fully saturated rings. The summed E-state index contributed by atoms with van der Waals surface area (Å²) in [7, 11) is 4.25. The van der Waals surface area contributed by atoms with Crippen molar-refractivity contribution in [1.29, 1.82) is 0 Å². The summed E-state index contributed by atoms with van der Waals surface area (Å²) >= 11 is 0. The molecule has 0 amide bonds. The van der Waals surface area contributed by atoms with Crippen LogP contribution in [-0.4, -0.2) is 71.9 Å². The van der Waals surface area contributed by atoms with Crippen LogP contribution in [0.5, 0.6) is 0 Å². The molecular weight excluding hydrogens is 438 g/mol. The molecule has 5 heterocycles. The predicted octanol–water partition coefficient (Wildman–Crippen LogP) is 2.69. The third-order valence-electron chi connectivity index (χ3n) is 7.48. The van der Waals surface area contributed by atoms with Crippen LogP contribution in [0.1, 0.15) is 41.5 Å². The lowest BCUT2D eigenvalue weighted by molar-refractivity contribution is 0.206. The first-order valence-corrected chi connectivity index (χ1v) is 12.6. The second-order valence-corrected chi connectivity index (χ2v) is 9.84. The van der Waals surface area contributed by atoms with Gasteiger partial charge in [0.1, 0.15) is 5.65 Å². The Bertz CT molecular complexity index is 1300. The summed E-state index contributed by atoms with van der Waals surface area (Å²) < 4.78 is 4.26. The highest BCUT2D eigenvalue weighted by atomic mass is 15.3. The van der Waals surface area contributed by atoms with Gasteiger partial charge in [-0.1, -0.05) is 6.07 Å². The summed E-state index contributed by atoms with van der Waals surface area (Å²) in [5.41, 5.74) is 5.89. The second-order valence-electron chi connectivity index (χ2n) is 9.84. The highest BCUT2D eigenvalue weighted by Gasteiger charge is 2.26. The van der Waals surface area contributed by atoms with Crippen molar-refractivity contribution in [3.63, 3.8) is 0 Å². The molecule has 1 atom stereocenters. The average molecular weight is 472 g/mol. The van der Waals surface area contributed by atoms with Crippen LogP contribution in [0.4, 0.5) is 5.95 Å². The summed E-state index contributed by atoms with van der Waals surface area (Å²) in [5.74, 6) is 0.980. The van der Waals surface area contributed by atoms with E-state index in [9.17, 15) is 0 Å². The van der Waals surface area contributed by atoms with Crippen molar-refractivity contribution in [3.05, 3.63) is 72.0 Å². The molecule has 4 aromatic heterocycles. The average Bonchev–Trinajstić information content (AvgIpc) is 3.49. The Hall–Kier alpha value is -3.30. The van der Waals surface area contributed by atoms with E-state index in [1.165, 1.54) is 23.4 Å². The molecule has 9 nitrogen and oxygen atoms in total. The minimum atomic E-state index is 0.342. The smallest absolute Gasteiger partial charge is 0.211 e. The standard InChI is InChI=1S/C26H33N9/c1-31(23-7-3-5-20-6-4-9-28-25(20)23)16-21-17-35-24(30-21)8-10-29-26(35)34-13-11-33(12-14-34)18-22-15-27-19-32(22)2/h4,6,8-10,15,17,19,23H,3,5,7,11-14,16,18H2,1-2H3. The molecule has 0 aromatic carbocycles. The van der Waals surface area contributed by atoms with Crippen LogP contribution in [0.2, 0.25) is 0 Å². The lowest BCUT2D eigenvalue weighted by atomic mass is 9.91. The fourth-order valence-electron chi connectivity index (χ4n) is 5.52. The molecular formula is C26H33N9. The molecule has 1 aliphatic carbocycles. The Morgan fingerprint density at radius 3 is 2.80 bits per heavy atom. The zero-order valence-corrected chi connectivity index (χ0v) is 20.6. The monoisotopic (exact) mass is 471 g/mol. The van der Waals surface area contributed by atoms with Gasteiger partial charge in [0.2, 0.25) is 5.95 Å². The van der Waals surface area contributed by atoms with Gasteiger partial charge in [0, 0.05) is 71.1 Å². The number of hydrogen-bond acceptors (Lipinski definition) is 7. The van der Waals surface area contributed by atoms with Gasteiger partial charge in [-0.05, 0) is 44.0 Å². The van der Waals surface area contributed by atoms with E-state index in [0.717, 1.165) is 69.4 Å². The quantitative estimate of drug-likeness (QED) is 0.428. The first kappa shape index (κ1) is 22.2. The van der Waals surface area contributed by atoms with Gasteiger partial charge in [0.25, 0.3) is 0 Å². The van der Waals surface area contributed by atoms with Gasteiger partial charge >= 0.3 is 0 Å². The zero-order chi connectivity index (χ0) is 23.8. The van der Waals surface area contributed by atoms with Crippen LogP contribution in [0.3, 0.4) is 0 Å². The number of rotatable bonds is 6. The number of pyridine rings is 1. The Balaban J connectivity index is 1.16. The minimum absolute atomic E-state index is 0.342. The number of nitrogens with zero attached hydrogens (tertiary/aromatic N) is 9. The number of imidazole rings is 2. The number of hydrogen-bond donors (Lipinski definition) is 0. The maximum absolute atomic E-state index is 4.95. The fraction of sp³-hybridized carbons (Fsp3) is 0.462. The molecule has 0 radical (unpaired) electrons. The van der Waals surface area contributed by atoms with Crippen LogP contribution in [0.15, 0.2) is 49.3 Å². The van der Waals surface area contributed by atoms with Crippen molar-refractivity contribution in [2.45, 2.75) is 38.4 Å². The maximum atomic E-state index is 4.95. The summed E-state index contributed by atoms with van der Waals surface area (Å²) in [6.07, 6.45) is 13.3. The van der Waals surface area contributed by atoms with Gasteiger partial charge < -0.3 is 9.47 Å². The summed E-state index contributed by atoms with van der Waals surface area (Å²) in [4.78, 5) is 25.9. The van der Waals surface area contributed by atoms with Gasteiger partial charge in [-0.3, -0.25) is 19.2 Å². The van der Waals surface area contributed by atoms with Gasteiger partial charge in [-0.2, -0.15) is 0 Å². The molecule has 0 spiro atoms. The maximum Gasteiger partial charge on any atom is 0.211 e. The van der Waals surface area contributed by atoms with Gasteiger partial charge in [-0.25, -0.2) is 15.0 Å². The van der Waals surface area contributed by atoms with E-state index in [2.05, 4.69) is 61.1 Å². The number of anilines is 1. The van der Waals surface area contributed by atoms with E-state index in [0.29, 0.717) is 6.04 Å². The normalized spacial score (nSPS) is 18.9. The lowest BCUT2D eigenvalue weighted by Gasteiger charge is -2.35. The Morgan fingerprint density at radius 2 is 1.97 bits per heavy atom. The number of piperazine rings is 1. The van der Waals surface area contributed by atoms with Gasteiger partial charge in [-0.15, -0.1) is 0 Å². The Morgan fingerprint density at radius 1 is 1.09 bits per heavy atom. The Labute approximate surface area is 206 Å².